The molecule has 3 rings (SSSR count). The molecule has 9 heteroatoms. The number of rotatable bonds is 11. The lowest BCUT2D eigenvalue weighted by Gasteiger charge is -2.17. The molecule has 1 aromatic carbocycles. The second kappa shape index (κ2) is 11.8. The maximum absolute atomic E-state index is 12.5. The average Bonchev–Trinajstić information content (AvgIpc) is 3.23. The normalized spacial score (nSPS) is 10.6. The molecule has 2 aromatic heterocycles. The molecule has 0 fully saturated rings. The number of carbonyl (C=O) groups is 2. The number of nitrogens with one attached hydrogen (secondary N) is 2. The second-order valence-corrected chi connectivity index (χ2v) is 8.31. The molecule has 0 atom stereocenters. The van der Waals surface area contributed by atoms with Crippen LogP contribution in [-0.4, -0.2) is 58.2 Å². The lowest BCUT2D eigenvalue weighted by atomic mass is 10.2. The van der Waals surface area contributed by atoms with Crippen molar-refractivity contribution in [2.75, 3.05) is 37.4 Å². The highest BCUT2D eigenvalue weighted by Crippen LogP contribution is 2.13. The zero-order valence-corrected chi connectivity index (χ0v) is 20.2. The van der Waals surface area contributed by atoms with Crippen LogP contribution >= 0.6 is 0 Å². The monoisotopic (exact) mass is 464 g/mol. The summed E-state index contributed by atoms with van der Waals surface area (Å²) in [4.78, 5) is 30.6. The molecule has 0 radical (unpaired) electrons. The minimum absolute atomic E-state index is 0.0802. The molecule has 0 aliphatic heterocycles. The Bertz CT molecular complexity index is 1110. The second-order valence-electron chi connectivity index (χ2n) is 8.31. The molecule has 0 saturated heterocycles. The van der Waals surface area contributed by atoms with Gasteiger partial charge in [0.15, 0.2) is 0 Å². The minimum atomic E-state index is -0.145. The Morgan fingerprint density at radius 3 is 2.59 bits per heavy atom. The summed E-state index contributed by atoms with van der Waals surface area (Å²) in [5, 5.41) is 10.2. The Morgan fingerprint density at radius 2 is 1.85 bits per heavy atom. The number of hydrogen-bond donors (Lipinski definition) is 2. The van der Waals surface area contributed by atoms with Gasteiger partial charge < -0.3 is 20.3 Å². The van der Waals surface area contributed by atoms with Crippen LogP contribution in [-0.2, 0) is 16.1 Å². The number of carbonyl (C=O) groups excluding carboxylic acids is 2. The fourth-order valence-corrected chi connectivity index (χ4v) is 3.25. The molecule has 0 spiro atoms. The van der Waals surface area contributed by atoms with Crippen molar-refractivity contribution in [3.63, 3.8) is 0 Å². The maximum Gasteiger partial charge on any atom is 0.244 e. The maximum atomic E-state index is 12.5. The number of aromatic nitrogens is 3. The highest BCUT2D eigenvalue weighted by molar-refractivity contribution is 5.90. The van der Waals surface area contributed by atoms with E-state index in [1.165, 1.54) is 16.4 Å². The van der Waals surface area contributed by atoms with Crippen LogP contribution in [0.25, 0.3) is 0 Å². The number of amides is 2. The smallest absolute Gasteiger partial charge is 0.244 e. The molecular weight excluding hydrogens is 432 g/mol. The van der Waals surface area contributed by atoms with Crippen molar-refractivity contribution in [1.82, 2.24) is 19.7 Å². The molecule has 2 heterocycles. The van der Waals surface area contributed by atoms with Gasteiger partial charge in [-0.25, -0.2) is 4.98 Å². The molecule has 0 aliphatic carbocycles. The van der Waals surface area contributed by atoms with Crippen LogP contribution in [0, 0.1) is 20.8 Å². The van der Waals surface area contributed by atoms with Gasteiger partial charge in [-0.1, -0.05) is 23.8 Å². The fourth-order valence-electron chi connectivity index (χ4n) is 3.25. The van der Waals surface area contributed by atoms with E-state index >= 15 is 0 Å². The average molecular weight is 465 g/mol. The molecule has 0 bridgehead atoms. The molecule has 0 saturated carbocycles. The van der Waals surface area contributed by atoms with E-state index in [1.54, 1.807) is 24.3 Å². The topological polar surface area (TPSA) is 101 Å². The minimum Gasteiger partial charge on any atom is -0.492 e. The Balaban J connectivity index is 1.37. The molecule has 9 nitrogen and oxygen atoms in total. The van der Waals surface area contributed by atoms with Crippen LogP contribution in [0.1, 0.15) is 23.1 Å². The van der Waals surface area contributed by atoms with Crippen molar-refractivity contribution in [3.05, 3.63) is 65.6 Å². The van der Waals surface area contributed by atoms with Gasteiger partial charge in [0.2, 0.25) is 11.8 Å². The summed E-state index contributed by atoms with van der Waals surface area (Å²) in [5.41, 5.74) is 3.85. The number of pyridine rings is 1. The van der Waals surface area contributed by atoms with Crippen molar-refractivity contribution in [2.45, 2.75) is 33.7 Å². The zero-order valence-electron chi connectivity index (χ0n) is 20.2. The predicted octanol–water partition coefficient (Wildman–Crippen LogP) is 3.18. The third kappa shape index (κ3) is 7.61. The van der Waals surface area contributed by atoms with E-state index in [1.807, 2.05) is 51.1 Å². The largest absolute Gasteiger partial charge is 0.492 e. The van der Waals surface area contributed by atoms with E-state index in [4.69, 9.17) is 4.74 Å². The van der Waals surface area contributed by atoms with Crippen LogP contribution < -0.4 is 15.4 Å². The Kier molecular flexibility index (Phi) is 8.61. The van der Waals surface area contributed by atoms with Crippen molar-refractivity contribution >= 4 is 23.3 Å². The first kappa shape index (κ1) is 24.8. The first-order chi connectivity index (χ1) is 16.3. The van der Waals surface area contributed by atoms with E-state index in [9.17, 15) is 9.59 Å². The molecule has 3 aromatic rings. The van der Waals surface area contributed by atoms with Gasteiger partial charge in [-0.2, -0.15) is 5.10 Å². The fraction of sp³-hybridized carbons (Fsp3) is 0.360. The first-order valence-electron chi connectivity index (χ1n) is 11.2. The molecule has 2 N–H and O–H groups in total. The van der Waals surface area contributed by atoms with E-state index in [0.717, 1.165) is 22.7 Å². The number of aryl methyl sites for hydroxylation is 3. The van der Waals surface area contributed by atoms with Gasteiger partial charge in [-0.3, -0.25) is 14.3 Å². The third-order valence-corrected chi connectivity index (χ3v) is 5.22. The molecule has 2 amide bonds. The van der Waals surface area contributed by atoms with E-state index in [0.29, 0.717) is 25.4 Å². The molecule has 34 heavy (non-hydrogen) atoms. The number of benzene rings is 1. The summed E-state index contributed by atoms with van der Waals surface area (Å²) in [6.07, 6.45) is 5.25. The summed E-state index contributed by atoms with van der Waals surface area (Å²) in [5.74, 6) is 1.31. The highest BCUT2D eigenvalue weighted by atomic mass is 16.5. The van der Waals surface area contributed by atoms with Crippen molar-refractivity contribution < 1.29 is 14.3 Å². The van der Waals surface area contributed by atoms with Gasteiger partial charge in [0.1, 0.15) is 24.7 Å². The van der Waals surface area contributed by atoms with Crippen molar-refractivity contribution in [2.24, 2.45) is 0 Å². The number of hydrogen-bond acceptors (Lipinski definition) is 6. The molecule has 0 aliphatic rings. The van der Waals surface area contributed by atoms with Gasteiger partial charge in [0.05, 0.1) is 18.4 Å². The van der Waals surface area contributed by atoms with E-state index in [2.05, 4.69) is 20.7 Å². The lowest BCUT2D eigenvalue weighted by molar-refractivity contribution is -0.131. The number of nitrogens with zero attached hydrogens (tertiary/aromatic N) is 4. The van der Waals surface area contributed by atoms with Gasteiger partial charge >= 0.3 is 0 Å². The first-order valence-corrected chi connectivity index (χ1v) is 11.2. The summed E-state index contributed by atoms with van der Waals surface area (Å²) in [6.45, 7) is 7.39. The quantitative estimate of drug-likeness (QED) is 0.452. The molecule has 0 unspecified atom stereocenters. The lowest BCUT2D eigenvalue weighted by Crippen LogP contribution is -2.33. The van der Waals surface area contributed by atoms with Crippen LogP contribution in [0.4, 0.5) is 11.5 Å². The third-order valence-electron chi connectivity index (χ3n) is 5.22. The van der Waals surface area contributed by atoms with Crippen molar-refractivity contribution in [1.29, 1.82) is 0 Å². The summed E-state index contributed by atoms with van der Waals surface area (Å²) >= 11 is 0. The predicted molar refractivity (Wildman–Crippen MR) is 132 cm³/mol. The van der Waals surface area contributed by atoms with E-state index in [-0.39, 0.29) is 24.8 Å². The van der Waals surface area contributed by atoms with Crippen LogP contribution in [0.15, 0.2) is 48.9 Å². The van der Waals surface area contributed by atoms with Crippen molar-refractivity contribution in [3.8, 4) is 5.75 Å². The van der Waals surface area contributed by atoms with Gasteiger partial charge in [0, 0.05) is 32.4 Å². The number of ether oxygens (including phenoxy) is 1. The van der Waals surface area contributed by atoms with E-state index < -0.39 is 0 Å². The highest BCUT2D eigenvalue weighted by Gasteiger charge is 2.12. The summed E-state index contributed by atoms with van der Waals surface area (Å²) in [6, 6.07) is 9.83. The van der Waals surface area contributed by atoms with Gasteiger partial charge in [-0.05, 0) is 44.0 Å². The van der Waals surface area contributed by atoms with Gasteiger partial charge in [0.25, 0.3) is 0 Å². The van der Waals surface area contributed by atoms with Crippen LogP contribution in [0.5, 0.6) is 5.75 Å². The number of likely N-dealkylation sites (N-methyl/N-ethyl adjacent to an activating group) is 1. The zero-order chi connectivity index (χ0) is 24.5. The molecule has 180 valence electrons. The Hall–Kier alpha value is -3.88. The summed E-state index contributed by atoms with van der Waals surface area (Å²) < 4.78 is 7.19. The Labute approximate surface area is 200 Å². The van der Waals surface area contributed by atoms with Gasteiger partial charge in [-0.15, -0.1) is 0 Å². The van der Waals surface area contributed by atoms with Crippen LogP contribution in [0.2, 0.25) is 0 Å². The standard InChI is InChI=1S/C25H32N6O3/c1-18-5-7-22(8-6-18)34-12-11-30(4)24(33)17-31-16-21(15-28-31)29-23(32)9-10-26-25-20(3)13-19(2)14-27-25/h5-8,13-16H,9-12,17H2,1-4H3,(H,26,27)(H,29,32). The number of anilines is 2. The van der Waals surface area contributed by atoms with Crippen LogP contribution in [0.3, 0.4) is 0 Å². The molecular formula is C25H32N6O3. The Morgan fingerprint density at radius 1 is 1.09 bits per heavy atom. The summed E-state index contributed by atoms with van der Waals surface area (Å²) in [7, 11) is 1.73. The SMILES string of the molecule is Cc1ccc(OCCN(C)C(=O)Cn2cc(NC(=O)CCNc3ncc(C)cc3C)cn2)cc1.